The van der Waals surface area contributed by atoms with E-state index in [1.54, 1.807) is 6.26 Å². The van der Waals surface area contributed by atoms with Crippen molar-refractivity contribution in [1.29, 1.82) is 0 Å². The minimum atomic E-state index is 0.259. The molecule has 0 radical (unpaired) electrons. The SMILES string of the molecule is c1ccc(C2c3ccsc3CCN2Cc2cc(-c3ccco3)on2)cc1. The summed E-state index contributed by atoms with van der Waals surface area (Å²) in [6.07, 6.45) is 2.73. The van der Waals surface area contributed by atoms with E-state index >= 15 is 0 Å². The van der Waals surface area contributed by atoms with Crippen LogP contribution in [0.1, 0.15) is 27.7 Å². The summed E-state index contributed by atoms with van der Waals surface area (Å²) >= 11 is 1.86. The van der Waals surface area contributed by atoms with Crippen molar-refractivity contribution in [3.05, 3.63) is 87.9 Å². The van der Waals surface area contributed by atoms with E-state index in [4.69, 9.17) is 8.94 Å². The summed E-state index contributed by atoms with van der Waals surface area (Å²) in [5.74, 6) is 1.39. The van der Waals surface area contributed by atoms with E-state index in [1.165, 1.54) is 16.0 Å². The van der Waals surface area contributed by atoms with E-state index in [2.05, 4.69) is 51.8 Å². The van der Waals surface area contributed by atoms with Crippen LogP contribution in [0.2, 0.25) is 0 Å². The zero-order valence-electron chi connectivity index (χ0n) is 14.2. The maximum Gasteiger partial charge on any atom is 0.202 e. The van der Waals surface area contributed by atoms with Gasteiger partial charge in [-0.05, 0) is 41.1 Å². The van der Waals surface area contributed by atoms with Crippen LogP contribution in [0, 0.1) is 0 Å². The van der Waals surface area contributed by atoms with Gasteiger partial charge in [0.05, 0.1) is 18.0 Å². The molecule has 3 aromatic heterocycles. The number of furan rings is 1. The second kappa shape index (κ2) is 6.59. The van der Waals surface area contributed by atoms with Crippen LogP contribution in [0.5, 0.6) is 0 Å². The molecule has 0 saturated carbocycles. The van der Waals surface area contributed by atoms with Gasteiger partial charge in [0, 0.05) is 24.0 Å². The molecule has 1 aliphatic heterocycles. The highest BCUT2D eigenvalue weighted by Gasteiger charge is 2.30. The lowest BCUT2D eigenvalue weighted by molar-refractivity contribution is 0.200. The maximum absolute atomic E-state index is 5.48. The van der Waals surface area contributed by atoms with Gasteiger partial charge in [0.15, 0.2) is 5.76 Å². The average molecular weight is 362 g/mol. The number of hydrogen-bond donors (Lipinski definition) is 0. The van der Waals surface area contributed by atoms with E-state index in [0.29, 0.717) is 11.5 Å². The van der Waals surface area contributed by atoms with Crippen LogP contribution in [0.3, 0.4) is 0 Å². The predicted molar refractivity (Wildman–Crippen MR) is 101 cm³/mol. The molecule has 0 fully saturated rings. The smallest absolute Gasteiger partial charge is 0.202 e. The van der Waals surface area contributed by atoms with Gasteiger partial charge >= 0.3 is 0 Å². The molecule has 4 heterocycles. The Morgan fingerprint density at radius 3 is 2.85 bits per heavy atom. The molecule has 0 aliphatic carbocycles. The first-order valence-electron chi connectivity index (χ1n) is 8.73. The molecule has 1 aromatic carbocycles. The molecule has 0 spiro atoms. The van der Waals surface area contributed by atoms with Crippen LogP contribution in [0.15, 0.2) is 75.2 Å². The number of thiophene rings is 1. The summed E-state index contributed by atoms with van der Waals surface area (Å²) in [6, 6.07) is 18.9. The number of hydrogen-bond acceptors (Lipinski definition) is 5. The number of benzene rings is 1. The third kappa shape index (κ3) is 2.79. The molecule has 0 saturated heterocycles. The molecule has 1 atom stereocenters. The third-order valence-electron chi connectivity index (χ3n) is 4.87. The Morgan fingerprint density at radius 2 is 2.00 bits per heavy atom. The van der Waals surface area contributed by atoms with Crippen LogP contribution < -0.4 is 0 Å². The summed E-state index contributed by atoms with van der Waals surface area (Å²) < 4.78 is 10.9. The fourth-order valence-corrected chi connectivity index (χ4v) is 4.60. The quantitative estimate of drug-likeness (QED) is 0.504. The maximum atomic E-state index is 5.48. The molecule has 0 amide bonds. The number of fused-ring (bicyclic) bond motifs is 1. The third-order valence-corrected chi connectivity index (χ3v) is 5.87. The molecular formula is C21H18N2O2S. The van der Waals surface area contributed by atoms with Crippen LogP contribution >= 0.6 is 11.3 Å². The minimum Gasteiger partial charge on any atom is -0.461 e. The van der Waals surface area contributed by atoms with Crippen molar-refractivity contribution in [3.63, 3.8) is 0 Å². The van der Waals surface area contributed by atoms with Crippen LogP contribution in [-0.4, -0.2) is 16.6 Å². The van der Waals surface area contributed by atoms with Crippen molar-refractivity contribution >= 4 is 11.3 Å². The Hall–Kier alpha value is -2.63. The first-order valence-corrected chi connectivity index (χ1v) is 9.61. The van der Waals surface area contributed by atoms with Gasteiger partial charge in [-0.15, -0.1) is 11.3 Å². The highest BCUT2D eigenvalue weighted by molar-refractivity contribution is 7.10. The molecule has 5 rings (SSSR count). The van der Waals surface area contributed by atoms with E-state index in [0.717, 1.165) is 25.2 Å². The van der Waals surface area contributed by atoms with Crippen molar-refractivity contribution in [1.82, 2.24) is 10.1 Å². The lowest BCUT2D eigenvalue weighted by Gasteiger charge is -2.35. The monoisotopic (exact) mass is 362 g/mol. The molecule has 0 bridgehead atoms. The Morgan fingerprint density at radius 1 is 1.08 bits per heavy atom. The Kier molecular flexibility index (Phi) is 3.96. The number of nitrogens with zero attached hydrogens (tertiary/aromatic N) is 2. The lowest BCUT2D eigenvalue weighted by atomic mass is 9.93. The van der Waals surface area contributed by atoms with Crippen LogP contribution in [-0.2, 0) is 13.0 Å². The molecule has 4 nitrogen and oxygen atoms in total. The molecule has 1 unspecified atom stereocenters. The largest absolute Gasteiger partial charge is 0.461 e. The Balaban J connectivity index is 1.46. The second-order valence-corrected chi connectivity index (χ2v) is 7.49. The van der Waals surface area contributed by atoms with Gasteiger partial charge in [-0.3, -0.25) is 4.90 Å². The fourth-order valence-electron chi connectivity index (χ4n) is 3.69. The molecule has 4 aromatic rings. The van der Waals surface area contributed by atoms with Crippen LogP contribution in [0.25, 0.3) is 11.5 Å². The topological polar surface area (TPSA) is 42.4 Å². The van der Waals surface area contributed by atoms with Gasteiger partial charge in [0.25, 0.3) is 0 Å². The van der Waals surface area contributed by atoms with Gasteiger partial charge in [-0.25, -0.2) is 0 Å². The average Bonchev–Trinajstić information content (AvgIpc) is 3.43. The summed E-state index contributed by atoms with van der Waals surface area (Å²) in [5.41, 5.74) is 3.67. The van der Waals surface area contributed by atoms with E-state index in [9.17, 15) is 0 Å². The molecule has 26 heavy (non-hydrogen) atoms. The van der Waals surface area contributed by atoms with Crippen molar-refractivity contribution in [3.8, 4) is 11.5 Å². The van der Waals surface area contributed by atoms with Gasteiger partial charge < -0.3 is 8.94 Å². The second-order valence-electron chi connectivity index (χ2n) is 6.49. The molecular weight excluding hydrogens is 344 g/mol. The summed E-state index contributed by atoms with van der Waals surface area (Å²) in [6.45, 7) is 1.76. The van der Waals surface area contributed by atoms with Crippen molar-refractivity contribution in [2.45, 2.75) is 19.0 Å². The van der Waals surface area contributed by atoms with E-state index in [-0.39, 0.29) is 6.04 Å². The molecule has 5 heteroatoms. The highest BCUT2D eigenvalue weighted by Crippen LogP contribution is 2.38. The first kappa shape index (κ1) is 15.6. The Labute approximate surface area is 155 Å². The van der Waals surface area contributed by atoms with Crippen molar-refractivity contribution < 1.29 is 8.94 Å². The van der Waals surface area contributed by atoms with Gasteiger partial charge in [-0.1, -0.05) is 35.5 Å². The zero-order valence-corrected chi connectivity index (χ0v) is 15.0. The lowest BCUT2D eigenvalue weighted by Crippen LogP contribution is -2.35. The standard InChI is InChI=1S/C21H18N2O2S/c1-2-5-15(6-3-1)21-17-9-12-26-20(17)8-10-23(21)14-16-13-19(25-22-16)18-7-4-11-24-18/h1-7,9,11-13,21H,8,10,14H2. The van der Waals surface area contributed by atoms with Gasteiger partial charge in [0.2, 0.25) is 5.76 Å². The normalized spacial score (nSPS) is 17.3. The summed E-state index contributed by atoms with van der Waals surface area (Å²) in [7, 11) is 0. The fraction of sp³-hybridized carbons (Fsp3) is 0.190. The molecule has 130 valence electrons. The minimum absolute atomic E-state index is 0.259. The number of rotatable bonds is 4. The van der Waals surface area contributed by atoms with Crippen LogP contribution in [0.4, 0.5) is 0 Å². The number of aromatic nitrogens is 1. The van der Waals surface area contributed by atoms with Crippen molar-refractivity contribution in [2.24, 2.45) is 0 Å². The van der Waals surface area contributed by atoms with Gasteiger partial charge in [0.1, 0.15) is 0 Å². The van der Waals surface area contributed by atoms with E-state index < -0.39 is 0 Å². The summed E-state index contributed by atoms with van der Waals surface area (Å²) in [5, 5.41) is 6.47. The predicted octanol–water partition coefficient (Wildman–Crippen LogP) is 5.14. The summed E-state index contributed by atoms with van der Waals surface area (Å²) in [4.78, 5) is 3.97. The van der Waals surface area contributed by atoms with E-state index in [1.807, 2.05) is 29.5 Å². The molecule has 0 N–H and O–H groups in total. The molecule has 1 aliphatic rings. The Bertz CT molecular complexity index is 988. The zero-order chi connectivity index (χ0) is 17.3. The first-order chi connectivity index (χ1) is 12.9. The van der Waals surface area contributed by atoms with Crippen molar-refractivity contribution in [2.75, 3.05) is 6.54 Å². The van der Waals surface area contributed by atoms with Gasteiger partial charge in [-0.2, -0.15) is 0 Å². The highest BCUT2D eigenvalue weighted by atomic mass is 32.1.